The van der Waals surface area contributed by atoms with E-state index in [0.717, 1.165) is 30.3 Å². The van der Waals surface area contributed by atoms with Crippen LogP contribution < -0.4 is 0 Å². The Morgan fingerprint density at radius 2 is 1.87 bits per heavy atom. The zero-order valence-electron chi connectivity index (χ0n) is 9.79. The van der Waals surface area contributed by atoms with Crippen molar-refractivity contribution in [1.82, 2.24) is 4.90 Å². The number of rotatable bonds is 4. The molecule has 0 aromatic heterocycles. The first-order valence-corrected chi connectivity index (χ1v) is 7.25. The Hall–Kier alpha value is 0.400. The first-order valence-electron chi connectivity index (χ1n) is 6.12. The predicted octanol–water partition coefficient (Wildman–Crippen LogP) is 2.52. The van der Waals surface area contributed by atoms with E-state index in [4.69, 9.17) is 4.74 Å². The molecule has 2 bridgehead atoms. The van der Waals surface area contributed by atoms with Crippen molar-refractivity contribution in [3.05, 3.63) is 0 Å². The van der Waals surface area contributed by atoms with Gasteiger partial charge < -0.3 is 4.74 Å². The molecule has 3 unspecified atom stereocenters. The smallest absolute Gasteiger partial charge is 0.0707 e. The van der Waals surface area contributed by atoms with E-state index in [0.29, 0.717) is 12.2 Å². The lowest BCUT2D eigenvalue weighted by Crippen LogP contribution is -2.45. The predicted molar refractivity (Wildman–Crippen MR) is 66.5 cm³/mol. The second-order valence-corrected chi connectivity index (χ2v) is 5.98. The van der Waals surface area contributed by atoms with Gasteiger partial charge in [-0.3, -0.25) is 4.90 Å². The minimum absolute atomic E-state index is 0.534. The number of nitrogens with zero attached hydrogens (tertiary/aromatic N) is 1. The SMILES string of the molecule is CC(C)C(CBr)CN1CC2CCC(C1)O2. The fourth-order valence-electron chi connectivity index (χ4n) is 2.62. The Balaban J connectivity index is 1.84. The van der Waals surface area contributed by atoms with E-state index < -0.39 is 0 Å². The minimum atomic E-state index is 0.534. The summed E-state index contributed by atoms with van der Waals surface area (Å²) in [5, 5.41) is 1.12. The zero-order valence-corrected chi connectivity index (χ0v) is 11.4. The van der Waals surface area contributed by atoms with E-state index in [9.17, 15) is 0 Å². The summed E-state index contributed by atoms with van der Waals surface area (Å²) in [6, 6.07) is 0. The molecule has 3 atom stereocenters. The third kappa shape index (κ3) is 2.95. The molecule has 2 rings (SSSR count). The van der Waals surface area contributed by atoms with Crippen LogP contribution in [-0.2, 0) is 4.74 Å². The Labute approximate surface area is 101 Å². The summed E-state index contributed by atoms with van der Waals surface area (Å²) in [5.41, 5.74) is 0. The minimum Gasteiger partial charge on any atom is -0.372 e. The molecule has 2 heterocycles. The quantitative estimate of drug-likeness (QED) is 0.732. The Morgan fingerprint density at radius 3 is 2.33 bits per heavy atom. The van der Waals surface area contributed by atoms with Crippen molar-refractivity contribution in [2.45, 2.75) is 38.9 Å². The average molecular weight is 276 g/mol. The van der Waals surface area contributed by atoms with Crippen molar-refractivity contribution in [2.24, 2.45) is 11.8 Å². The standard InChI is InChI=1S/C12H22BrNO/c1-9(2)10(5-13)6-14-7-11-3-4-12(8-14)15-11/h9-12H,3-8H2,1-2H3. The van der Waals surface area contributed by atoms with Crippen LogP contribution in [0.4, 0.5) is 0 Å². The molecule has 0 spiro atoms. The van der Waals surface area contributed by atoms with Crippen LogP contribution in [0.1, 0.15) is 26.7 Å². The van der Waals surface area contributed by atoms with E-state index in [1.165, 1.54) is 19.4 Å². The number of halogens is 1. The molecule has 2 nitrogen and oxygen atoms in total. The van der Waals surface area contributed by atoms with Gasteiger partial charge in [0.05, 0.1) is 12.2 Å². The third-order valence-corrected chi connectivity index (χ3v) is 4.58. The van der Waals surface area contributed by atoms with Gasteiger partial charge in [0.1, 0.15) is 0 Å². The molecule has 3 heteroatoms. The molecule has 2 aliphatic rings. The van der Waals surface area contributed by atoms with Gasteiger partial charge in [-0.2, -0.15) is 0 Å². The van der Waals surface area contributed by atoms with E-state index in [1.54, 1.807) is 0 Å². The van der Waals surface area contributed by atoms with Crippen molar-refractivity contribution in [2.75, 3.05) is 25.0 Å². The van der Waals surface area contributed by atoms with Crippen LogP contribution in [0.2, 0.25) is 0 Å². The highest BCUT2D eigenvalue weighted by Crippen LogP contribution is 2.27. The molecule has 0 N–H and O–H groups in total. The molecule has 15 heavy (non-hydrogen) atoms. The van der Waals surface area contributed by atoms with Crippen molar-refractivity contribution in [1.29, 1.82) is 0 Å². The summed E-state index contributed by atoms with van der Waals surface area (Å²) >= 11 is 3.63. The largest absolute Gasteiger partial charge is 0.372 e. The number of ether oxygens (including phenoxy) is 1. The van der Waals surface area contributed by atoms with Gasteiger partial charge in [0.25, 0.3) is 0 Å². The maximum Gasteiger partial charge on any atom is 0.0707 e. The van der Waals surface area contributed by atoms with Gasteiger partial charge in [-0.15, -0.1) is 0 Å². The van der Waals surface area contributed by atoms with Crippen LogP contribution in [0.5, 0.6) is 0 Å². The number of morpholine rings is 1. The van der Waals surface area contributed by atoms with E-state index in [2.05, 4.69) is 34.7 Å². The number of fused-ring (bicyclic) bond motifs is 2. The van der Waals surface area contributed by atoms with Crippen molar-refractivity contribution < 1.29 is 4.74 Å². The van der Waals surface area contributed by atoms with E-state index in [1.807, 2.05) is 0 Å². The monoisotopic (exact) mass is 275 g/mol. The molecule has 2 fully saturated rings. The molecule has 0 radical (unpaired) electrons. The molecule has 0 amide bonds. The topological polar surface area (TPSA) is 12.5 Å². The molecule has 0 aromatic carbocycles. The van der Waals surface area contributed by atoms with E-state index in [-0.39, 0.29) is 0 Å². The van der Waals surface area contributed by atoms with E-state index >= 15 is 0 Å². The van der Waals surface area contributed by atoms with Gasteiger partial charge in [-0.1, -0.05) is 29.8 Å². The normalized spacial score (nSPS) is 33.6. The van der Waals surface area contributed by atoms with Gasteiger partial charge in [0.15, 0.2) is 0 Å². The Morgan fingerprint density at radius 1 is 1.27 bits per heavy atom. The highest BCUT2D eigenvalue weighted by atomic mass is 79.9. The van der Waals surface area contributed by atoms with Crippen LogP contribution in [0.3, 0.4) is 0 Å². The molecule has 0 aliphatic carbocycles. The number of likely N-dealkylation sites (tertiary alicyclic amines) is 1. The highest BCUT2D eigenvalue weighted by molar-refractivity contribution is 9.09. The summed E-state index contributed by atoms with van der Waals surface area (Å²) in [6.45, 7) is 8.20. The highest BCUT2D eigenvalue weighted by Gasteiger charge is 2.34. The van der Waals surface area contributed by atoms with Gasteiger partial charge in [0.2, 0.25) is 0 Å². The Bertz CT molecular complexity index is 198. The van der Waals surface area contributed by atoms with Crippen LogP contribution in [0, 0.1) is 11.8 Å². The fourth-order valence-corrected chi connectivity index (χ4v) is 3.57. The average Bonchev–Trinajstić information content (AvgIpc) is 2.54. The Kier molecular flexibility index (Phi) is 4.08. The van der Waals surface area contributed by atoms with Crippen molar-refractivity contribution in [3.8, 4) is 0 Å². The first kappa shape index (κ1) is 11.9. The molecule has 0 aromatic rings. The maximum atomic E-state index is 5.85. The zero-order chi connectivity index (χ0) is 10.8. The fraction of sp³-hybridized carbons (Fsp3) is 1.00. The molecule has 0 saturated carbocycles. The molecular formula is C12H22BrNO. The number of hydrogen-bond donors (Lipinski definition) is 0. The number of alkyl halides is 1. The molecule has 88 valence electrons. The van der Waals surface area contributed by atoms with Crippen LogP contribution in [0.15, 0.2) is 0 Å². The van der Waals surface area contributed by atoms with Crippen LogP contribution in [-0.4, -0.2) is 42.1 Å². The van der Waals surface area contributed by atoms with Gasteiger partial charge in [-0.25, -0.2) is 0 Å². The summed E-state index contributed by atoms with van der Waals surface area (Å²) < 4.78 is 5.85. The lowest BCUT2D eigenvalue weighted by Gasteiger charge is -2.35. The molecule has 2 aliphatic heterocycles. The van der Waals surface area contributed by atoms with Gasteiger partial charge >= 0.3 is 0 Å². The summed E-state index contributed by atoms with van der Waals surface area (Å²) in [4.78, 5) is 2.61. The van der Waals surface area contributed by atoms with Gasteiger partial charge in [0, 0.05) is 25.0 Å². The van der Waals surface area contributed by atoms with Crippen molar-refractivity contribution >= 4 is 15.9 Å². The van der Waals surface area contributed by atoms with Crippen molar-refractivity contribution in [3.63, 3.8) is 0 Å². The summed E-state index contributed by atoms with van der Waals surface area (Å²) in [5.74, 6) is 1.55. The first-order chi connectivity index (χ1) is 7.19. The summed E-state index contributed by atoms with van der Waals surface area (Å²) in [6.07, 6.45) is 3.63. The second-order valence-electron chi connectivity index (χ2n) is 5.33. The third-order valence-electron chi connectivity index (χ3n) is 3.75. The molecule has 2 saturated heterocycles. The lowest BCUT2D eigenvalue weighted by molar-refractivity contribution is -0.0432. The maximum absolute atomic E-state index is 5.85. The van der Waals surface area contributed by atoms with Gasteiger partial charge in [-0.05, 0) is 24.7 Å². The number of hydrogen-bond acceptors (Lipinski definition) is 2. The van der Waals surface area contributed by atoms with Crippen LogP contribution in [0.25, 0.3) is 0 Å². The van der Waals surface area contributed by atoms with Crippen LogP contribution >= 0.6 is 15.9 Å². The molecular weight excluding hydrogens is 254 g/mol. The second kappa shape index (κ2) is 5.15. The lowest BCUT2D eigenvalue weighted by atomic mass is 9.97. The summed E-state index contributed by atoms with van der Waals surface area (Å²) in [7, 11) is 0.